The quantitative estimate of drug-likeness (QED) is 0.445. The van der Waals surface area contributed by atoms with Crippen molar-refractivity contribution in [2.75, 3.05) is 0 Å². The van der Waals surface area contributed by atoms with Gasteiger partial charge in [-0.25, -0.2) is 0 Å². The Morgan fingerprint density at radius 2 is 1.53 bits per heavy atom. The highest BCUT2D eigenvalue weighted by Crippen LogP contribution is 2.30. The van der Waals surface area contributed by atoms with E-state index in [1.807, 2.05) is 0 Å². The van der Waals surface area contributed by atoms with Crippen molar-refractivity contribution in [1.29, 1.82) is 0 Å². The summed E-state index contributed by atoms with van der Waals surface area (Å²) in [6.07, 6.45) is 0.721. The highest BCUT2D eigenvalue weighted by Gasteiger charge is 2.48. The third-order valence-corrected chi connectivity index (χ3v) is 4.25. The van der Waals surface area contributed by atoms with Crippen molar-refractivity contribution >= 4 is 5.91 Å². The minimum absolute atomic E-state index is 0.0615. The summed E-state index contributed by atoms with van der Waals surface area (Å²) in [5.41, 5.74) is -1.80. The van der Waals surface area contributed by atoms with Gasteiger partial charge in [0, 0.05) is 18.9 Å². The Bertz CT molecular complexity index is 317. The summed E-state index contributed by atoms with van der Waals surface area (Å²) in [7, 11) is 0. The highest BCUT2D eigenvalue weighted by atomic mass is 16.4. The topological polar surface area (TPSA) is 110 Å². The van der Waals surface area contributed by atoms with E-state index in [4.69, 9.17) is 0 Å². The van der Waals surface area contributed by atoms with E-state index in [1.54, 1.807) is 0 Å². The second-order valence-electron chi connectivity index (χ2n) is 5.87. The first-order chi connectivity index (χ1) is 8.92. The predicted molar refractivity (Wildman–Crippen MR) is 67.2 cm³/mol. The predicted octanol–water partition coefficient (Wildman–Crippen LogP) is -0.957. The minimum atomic E-state index is -1.80. The number of rotatable bonds is 2. The molecule has 0 saturated heterocycles. The third kappa shape index (κ3) is 3.25. The van der Waals surface area contributed by atoms with Crippen molar-refractivity contribution in [3.63, 3.8) is 0 Å². The molecule has 0 unspecified atom stereocenters. The lowest BCUT2D eigenvalue weighted by molar-refractivity contribution is -0.173. The van der Waals surface area contributed by atoms with E-state index < -0.39 is 29.8 Å². The van der Waals surface area contributed by atoms with E-state index in [2.05, 4.69) is 5.32 Å². The monoisotopic (exact) mass is 273 g/mol. The number of aliphatic hydroxyl groups is 4. The van der Waals surface area contributed by atoms with E-state index in [0.29, 0.717) is 0 Å². The van der Waals surface area contributed by atoms with Crippen molar-refractivity contribution in [3.05, 3.63) is 0 Å². The fraction of sp³-hybridized carbons (Fsp3) is 0.923. The standard InChI is InChI=1S/C13H23NO5/c15-9-6-13(19,7-10(16)11(9)17)12(18)14-8-4-2-1-3-5-8/h8-11,15-17,19H,1-7H2,(H,14,18)/t9-,10-,11?,13?/m1/s1. The smallest absolute Gasteiger partial charge is 0.252 e. The number of aliphatic hydroxyl groups excluding tert-OH is 3. The molecule has 6 heteroatoms. The molecular weight excluding hydrogens is 250 g/mol. The average molecular weight is 273 g/mol. The number of carbonyl (C=O) groups is 1. The van der Waals surface area contributed by atoms with Crippen LogP contribution in [-0.4, -0.2) is 56.3 Å². The van der Waals surface area contributed by atoms with Crippen molar-refractivity contribution < 1.29 is 25.2 Å². The van der Waals surface area contributed by atoms with Gasteiger partial charge in [0.2, 0.25) is 0 Å². The first kappa shape index (κ1) is 14.7. The maximum atomic E-state index is 12.1. The van der Waals surface area contributed by atoms with Gasteiger partial charge in [-0.15, -0.1) is 0 Å². The zero-order valence-corrected chi connectivity index (χ0v) is 11.0. The first-order valence-electron chi connectivity index (χ1n) is 7.00. The van der Waals surface area contributed by atoms with Crippen LogP contribution < -0.4 is 5.32 Å². The van der Waals surface area contributed by atoms with Crippen molar-refractivity contribution in [2.24, 2.45) is 0 Å². The Kier molecular flexibility index (Phi) is 4.45. The van der Waals surface area contributed by atoms with E-state index in [9.17, 15) is 25.2 Å². The molecule has 2 fully saturated rings. The lowest BCUT2D eigenvalue weighted by Gasteiger charge is -2.40. The summed E-state index contributed by atoms with van der Waals surface area (Å²) in [4.78, 5) is 12.1. The van der Waals surface area contributed by atoms with E-state index in [1.165, 1.54) is 6.42 Å². The molecule has 1 amide bonds. The lowest BCUT2D eigenvalue weighted by atomic mass is 9.78. The minimum Gasteiger partial charge on any atom is -0.390 e. The zero-order chi connectivity index (χ0) is 14.0. The van der Waals surface area contributed by atoms with Gasteiger partial charge in [0.05, 0.1) is 12.2 Å². The van der Waals surface area contributed by atoms with E-state index >= 15 is 0 Å². The van der Waals surface area contributed by atoms with Crippen LogP contribution in [0.5, 0.6) is 0 Å². The largest absolute Gasteiger partial charge is 0.390 e. The van der Waals surface area contributed by atoms with Gasteiger partial charge in [0.1, 0.15) is 11.7 Å². The van der Waals surface area contributed by atoms with Gasteiger partial charge >= 0.3 is 0 Å². The molecule has 2 aliphatic carbocycles. The van der Waals surface area contributed by atoms with Crippen LogP contribution in [-0.2, 0) is 4.79 Å². The van der Waals surface area contributed by atoms with Gasteiger partial charge in [-0.3, -0.25) is 4.79 Å². The molecule has 2 saturated carbocycles. The maximum Gasteiger partial charge on any atom is 0.252 e. The van der Waals surface area contributed by atoms with Crippen LogP contribution in [0, 0.1) is 0 Å². The lowest BCUT2D eigenvalue weighted by Crippen LogP contribution is -2.60. The van der Waals surface area contributed by atoms with Crippen molar-refractivity contribution in [1.82, 2.24) is 5.32 Å². The van der Waals surface area contributed by atoms with Crippen LogP contribution in [0.15, 0.2) is 0 Å². The fourth-order valence-electron chi connectivity index (χ4n) is 3.03. The number of hydrogen-bond acceptors (Lipinski definition) is 5. The summed E-state index contributed by atoms with van der Waals surface area (Å²) in [5.74, 6) is -0.551. The van der Waals surface area contributed by atoms with Gasteiger partial charge in [-0.2, -0.15) is 0 Å². The molecule has 2 aliphatic rings. The first-order valence-corrected chi connectivity index (χ1v) is 7.00. The Morgan fingerprint density at radius 1 is 1.00 bits per heavy atom. The second kappa shape index (κ2) is 5.75. The molecule has 6 nitrogen and oxygen atoms in total. The van der Waals surface area contributed by atoms with Crippen LogP contribution in [0.2, 0.25) is 0 Å². The average Bonchev–Trinajstić information content (AvgIpc) is 2.37. The maximum absolute atomic E-state index is 12.1. The molecule has 0 heterocycles. The zero-order valence-electron chi connectivity index (χ0n) is 11.0. The summed E-state index contributed by atoms with van der Waals surface area (Å²) in [6, 6.07) is 0.0615. The Balaban J connectivity index is 1.96. The molecule has 0 aromatic rings. The number of hydrogen-bond donors (Lipinski definition) is 5. The van der Waals surface area contributed by atoms with E-state index in [-0.39, 0.29) is 18.9 Å². The molecule has 5 N–H and O–H groups in total. The van der Waals surface area contributed by atoms with Crippen molar-refractivity contribution in [3.8, 4) is 0 Å². The van der Waals surface area contributed by atoms with Crippen LogP contribution in [0.4, 0.5) is 0 Å². The second-order valence-corrected chi connectivity index (χ2v) is 5.87. The highest BCUT2D eigenvalue weighted by molar-refractivity contribution is 5.85. The summed E-state index contributed by atoms with van der Waals surface area (Å²) >= 11 is 0. The van der Waals surface area contributed by atoms with Crippen LogP contribution in [0.1, 0.15) is 44.9 Å². The summed E-state index contributed by atoms with van der Waals surface area (Å²) in [5, 5.41) is 41.7. The fourth-order valence-corrected chi connectivity index (χ4v) is 3.03. The van der Waals surface area contributed by atoms with Gasteiger partial charge in [-0.05, 0) is 12.8 Å². The molecular formula is C13H23NO5. The normalized spacial score (nSPS) is 40.9. The van der Waals surface area contributed by atoms with Crippen LogP contribution in [0.25, 0.3) is 0 Å². The van der Waals surface area contributed by atoms with E-state index in [0.717, 1.165) is 25.7 Å². The third-order valence-electron chi connectivity index (χ3n) is 4.25. The number of nitrogens with one attached hydrogen (secondary N) is 1. The molecule has 0 aromatic carbocycles. The van der Waals surface area contributed by atoms with Gasteiger partial charge in [-0.1, -0.05) is 19.3 Å². The van der Waals surface area contributed by atoms with Crippen LogP contribution >= 0.6 is 0 Å². The van der Waals surface area contributed by atoms with Gasteiger partial charge in [0.25, 0.3) is 5.91 Å². The molecule has 19 heavy (non-hydrogen) atoms. The molecule has 0 bridgehead atoms. The van der Waals surface area contributed by atoms with Crippen molar-refractivity contribution in [2.45, 2.75) is 74.9 Å². The molecule has 110 valence electrons. The number of amides is 1. The molecule has 0 aromatic heterocycles. The number of carbonyl (C=O) groups excluding carboxylic acids is 1. The summed E-state index contributed by atoms with van der Waals surface area (Å²) in [6.45, 7) is 0. The molecule has 0 aliphatic heterocycles. The summed E-state index contributed by atoms with van der Waals surface area (Å²) < 4.78 is 0. The molecule has 0 radical (unpaired) electrons. The van der Waals surface area contributed by atoms with Gasteiger partial charge in [0.15, 0.2) is 0 Å². The SMILES string of the molecule is O=C(NC1CCCCC1)C1(O)C[C@@H](O)C(O)[C@H](O)C1. The Labute approximate surface area is 112 Å². The van der Waals surface area contributed by atoms with Crippen LogP contribution in [0.3, 0.4) is 0 Å². The Morgan fingerprint density at radius 3 is 2.05 bits per heavy atom. The Hall–Kier alpha value is -0.690. The molecule has 0 spiro atoms. The molecule has 2 rings (SSSR count). The van der Waals surface area contributed by atoms with Gasteiger partial charge < -0.3 is 25.7 Å². The molecule has 2 atom stereocenters.